The van der Waals surface area contributed by atoms with Crippen molar-refractivity contribution in [2.45, 2.75) is 50.7 Å². The highest BCUT2D eigenvalue weighted by Gasteiger charge is 2.38. The van der Waals surface area contributed by atoms with Gasteiger partial charge in [-0.1, -0.05) is 6.42 Å². The SMILES string of the molecule is ON=CCCC1COC2(CCCCC2)OC1. The van der Waals surface area contributed by atoms with Crippen LogP contribution >= 0.6 is 0 Å². The lowest BCUT2D eigenvalue weighted by molar-refractivity contribution is -0.295. The summed E-state index contributed by atoms with van der Waals surface area (Å²) in [6.07, 6.45) is 9.16. The molecule has 1 aliphatic carbocycles. The van der Waals surface area contributed by atoms with Crippen LogP contribution in [-0.4, -0.2) is 30.4 Å². The van der Waals surface area contributed by atoms with E-state index in [2.05, 4.69) is 5.16 Å². The van der Waals surface area contributed by atoms with Gasteiger partial charge in [0.1, 0.15) is 0 Å². The second-order valence-corrected chi connectivity index (χ2v) is 4.83. The second-order valence-electron chi connectivity index (χ2n) is 4.83. The van der Waals surface area contributed by atoms with E-state index in [-0.39, 0.29) is 5.79 Å². The standard InChI is InChI=1S/C12H21NO3/c14-13-8-4-5-11-9-15-12(16-10-11)6-2-1-3-7-12/h8,11,14H,1-7,9-10H2. The third-order valence-electron chi connectivity index (χ3n) is 3.57. The molecular weight excluding hydrogens is 206 g/mol. The molecular formula is C12H21NO3. The maximum atomic E-state index is 8.30. The van der Waals surface area contributed by atoms with Gasteiger partial charge in [-0.2, -0.15) is 0 Å². The van der Waals surface area contributed by atoms with Crippen LogP contribution in [0.25, 0.3) is 0 Å². The molecule has 0 atom stereocenters. The van der Waals surface area contributed by atoms with Crippen LogP contribution < -0.4 is 0 Å². The summed E-state index contributed by atoms with van der Waals surface area (Å²) in [7, 11) is 0. The third kappa shape index (κ3) is 2.95. The Morgan fingerprint density at radius 1 is 1.19 bits per heavy atom. The zero-order chi connectivity index (χ0) is 11.3. The second kappa shape index (κ2) is 5.64. The summed E-state index contributed by atoms with van der Waals surface area (Å²) in [4.78, 5) is 0. The Hall–Kier alpha value is -0.610. The van der Waals surface area contributed by atoms with E-state index in [1.165, 1.54) is 25.5 Å². The summed E-state index contributed by atoms with van der Waals surface area (Å²) in [6.45, 7) is 1.58. The molecule has 1 saturated heterocycles. The fourth-order valence-corrected chi connectivity index (χ4v) is 2.54. The highest BCUT2D eigenvalue weighted by Crippen LogP contribution is 2.36. The lowest BCUT2D eigenvalue weighted by Gasteiger charge is -2.42. The molecule has 16 heavy (non-hydrogen) atoms. The van der Waals surface area contributed by atoms with E-state index < -0.39 is 0 Å². The van der Waals surface area contributed by atoms with Gasteiger partial charge >= 0.3 is 0 Å². The van der Waals surface area contributed by atoms with Crippen LogP contribution in [0.5, 0.6) is 0 Å². The van der Waals surface area contributed by atoms with Crippen LogP contribution in [0.2, 0.25) is 0 Å². The Labute approximate surface area is 96.6 Å². The number of oxime groups is 1. The maximum absolute atomic E-state index is 8.30. The van der Waals surface area contributed by atoms with Gasteiger partial charge in [-0.3, -0.25) is 0 Å². The average molecular weight is 227 g/mol. The molecule has 0 amide bonds. The van der Waals surface area contributed by atoms with Crippen molar-refractivity contribution in [3.05, 3.63) is 0 Å². The highest BCUT2D eigenvalue weighted by atomic mass is 16.7. The van der Waals surface area contributed by atoms with Gasteiger partial charge < -0.3 is 14.7 Å². The summed E-state index contributed by atoms with van der Waals surface area (Å²) in [6, 6.07) is 0. The van der Waals surface area contributed by atoms with E-state index in [1.807, 2.05) is 0 Å². The van der Waals surface area contributed by atoms with E-state index in [9.17, 15) is 0 Å². The monoisotopic (exact) mass is 227 g/mol. The normalized spacial score (nSPS) is 26.5. The van der Waals surface area contributed by atoms with E-state index in [0.717, 1.165) is 38.9 Å². The van der Waals surface area contributed by atoms with Crippen molar-refractivity contribution in [1.82, 2.24) is 0 Å². The van der Waals surface area contributed by atoms with Crippen molar-refractivity contribution in [2.75, 3.05) is 13.2 Å². The molecule has 4 nitrogen and oxygen atoms in total. The van der Waals surface area contributed by atoms with Gasteiger partial charge in [0, 0.05) is 25.0 Å². The molecule has 0 aromatic carbocycles. The van der Waals surface area contributed by atoms with Gasteiger partial charge in [0.05, 0.1) is 13.2 Å². The number of hydrogen-bond donors (Lipinski definition) is 1. The van der Waals surface area contributed by atoms with Gasteiger partial charge in [-0.15, -0.1) is 5.16 Å². The third-order valence-corrected chi connectivity index (χ3v) is 3.57. The minimum Gasteiger partial charge on any atom is -0.411 e. The summed E-state index contributed by atoms with van der Waals surface area (Å²) in [5.74, 6) is 0.199. The van der Waals surface area contributed by atoms with Gasteiger partial charge in [0.15, 0.2) is 5.79 Å². The molecule has 2 fully saturated rings. The zero-order valence-electron chi connectivity index (χ0n) is 9.73. The first kappa shape index (κ1) is 11.9. The van der Waals surface area contributed by atoms with Crippen molar-refractivity contribution in [1.29, 1.82) is 0 Å². The van der Waals surface area contributed by atoms with Crippen molar-refractivity contribution < 1.29 is 14.7 Å². The van der Waals surface area contributed by atoms with Gasteiger partial charge in [0.2, 0.25) is 0 Å². The molecule has 0 aromatic heterocycles. The van der Waals surface area contributed by atoms with Crippen LogP contribution in [0.4, 0.5) is 0 Å². The zero-order valence-corrected chi connectivity index (χ0v) is 9.73. The van der Waals surface area contributed by atoms with Crippen LogP contribution in [0, 0.1) is 5.92 Å². The van der Waals surface area contributed by atoms with Crippen LogP contribution in [0.3, 0.4) is 0 Å². The first-order valence-electron chi connectivity index (χ1n) is 6.28. The van der Waals surface area contributed by atoms with Gasteiger partial charge in [0.25, 0.3) is 0 Å². The molecule has 4 heteroatoms. The van der Waals surface area contributed by atoms with E-state index in [0.29, 0.717) is 5.92 Å². The minimum atomic E-state index is -0.250. The van der Waals surface area contributed by atoms with Crippen molar-refractivity contribution in [2.24, 2.45) is 11.1 Å². The molecule has 1 heterocycles. The molecule has 92 valence electrons. The van der Waals surface area contributed by atoms with Crippen LogP contribution in [0.1, 0.15) is 44.9 Å². The summed E-state index contributed by atoms with van der Waals surface area (Å²) in [5, 5.41) is 11.3. The fourth-order valence-electron chi connectivity index (χ4n) is 2.54. The summed E-state index contributed by atoms with van der Waals surface area (Å²) < 4.78 is 11.8. The van der Waals surface area contributed by atoms with E-state index >= 15 is 0 Å². The smallest absolute Gasteiger partial charge is 0.168 e. The molecule has 2 aliphatic rings. The number of nitrogens with zero attached hydrogens (tertiary/aromatic N) is 1. The largest absolute Gasteiger partial charge is 0.411 e. The molecule has 2 rings (SSSR count). The molecule has 1 aliphatic heterocycles. The van der Waals surface area contributed by atoms with Crippen molar-refractivity contribution in [3.63, 3.8) is 0 Å². The minimum absolute atomic E-state index is 0.250. The predicted octanol–water partition coefficient (Wildman–Crippen LogP) is 2.55. The van der Waals surface area contributed by atoms with E-state index in [1.54, 1.807) is 0 Å². The Morgan fingerprint density at radius 3 is 2.50 bits per heavy atom. The fraction of sp³-hybridized carbons (Fsp3) is 0.917. The Kier molecular flexibility index (Phi) is 4.18. The molecule has 0 radical (unpaired) electrons. The maximum Gasteiger partial charge on any atom is 0.168 e. The average Bonchev–Trinajstić information content (AvgIpc) is 2.33. The van der Waals surface area contributed by atoms with E-state index in [4.69, 9.17) is 14.7 Å². The predicted molar refractivity (Wildman–Crippen MR) is 60.7 cm³/mol. The number of ether oxygens (including phenoxy) is 2. The Bertz CT molecular complexity index is 226. The lowest BCUT2D eigenvalue weighted by Crippen LogP contribution is -2.45. The lowest BCUT2D eigenvalue weighted by atomic mass is 9.92. The van der Waals surface area contributed by atoms with Gasteiger partial charge in [-0.05, 0) is 25.7 Å². The molecule has 0 unspecified atom stereocenters. The number of hydrogen-bond acceptors (Lipinski definition) is 4. The molecule has 1 N–H and O–H groups in total. The van der Waals surface area contributed by atoms with Crippen LogP contribution in [0.15, 0.2) is 5.16 Å². The Morgan fingerprint density at radius 2 is 1.88 bits per heavy atom. The molecule has 0 bridgehead atoms. The quantitative estimate of drug-likeness (QED) is 0.458. The number of rotatable bonds is 3. The first-order valence-corrected chi connectivity index (χ1v) is 6.28. The first-order chi connectivity index (χ1) is 7.85. The van der Waals surface area contributed by atoms with Crippen LogP contribution in [-0.2, 0) is 9.47 Å². The molecule has 1 spiro atoms. The molecule has 1 saturated carbocycles. The topological polar surface area (TPSA) is 51.1 Å². The highest BCUT2D eigenvalue weighted by molar-refractivity contribution is 5.55. The summed E-state index contributed by atoms with van der Waals surface area (Å²) >= 11 is 0. The van der Waals surface area contributed by atoms with Crippen molar-refractivity contribution >= 4 is 6.21 Å². The van der Waals surface area contributed by atoms with Crippen molar-refractivity contribution in [3.8, 4) is 0 Å². The Balaban J connectivity index is 1.73. The molecule has 0 aromatic rings. The van der Waals surface area contributed by atoms with Gasteiger partial charge in [-0.25, -0.2) is 0 Å². The summed E-state index contributed by atoms with van der Waals surface area (Å²) in [5.41, 5.74) is 0.